The molecule has 1 aromatic heterocycles. The van der Waals surface area contributed by atoms with Crippen molar-refractivity contribution < 1.29 is 9.59 Å². The maximum Gasteiger partial charge on any atom is 0.249 e. The van der Waals surface area contributed by atoms with E-state index in [0.29, 0.717) is 17.7 Å². The lowest BCUT2D eigenvalue weighted by Crippen LogP contribution is -2.12. The van der Waals surface area contributed by atoms with Crippen molar-refractivity contribution in [3.63, 3.8) is 0 Å². The smallest absolute Gasteiger partial charge is 0.249 e. The van der Waals surface area contributed by atoms with Gasteiger partial charge in [0.25, 0.3) is 0 Å². The maximum absolute atomic E-state index is 12.1. The summed E-state index contributed by atoms with van der Waals surface area (Å²) in [5, 5.41) is 1.87. The molecule has 0 fully saturated rings. The summed E-state index contributed by atoms with van der Waals surface area (Å²) in [4.78, 5) is 23.7. The van der Waals surface area contributed by atoms with Crippen molar-refractivity contribution in [2.45, 2.75) is 32.7 Å². The van der Waals surface area contributed by atoms with Gasteiger partial charge in [0, 0.05) is 34.0 Å². The highest BCUT2D eigenvalue weighted by Crippen LogP contribution is 2.33. The van der Waals surface area contributed by atoms with Gasteiger partial charge in [0.2, 0.25) is 11.8 Å². The maximum atomic E-state index is 12.1. The average molecular weight is 399 g/mol. The summed E-state index contributed by atoms with van der Waals surface area (Å²) in [6.45, 7) is 2.74. The van der Waals surface area contributed by atoms with Crippen LogP contribution >= 0.6 is 0 Å². The van der Waals surface area contributed by atoms with Crippen molar-refractivity contribution in [2.75, 3.05) is 0 Å². The van der Waals surface area contributed by atoms with Gasteiger partial charge in [-0.05, 0) is 54.3 Å². The second-order valence-corrected chi connectivity index (χ2v) is 7.67. The Morgan fingerprint density at radius 2 is 1.67 bits per heavy atom. The number of aryl methyl sites for hydroxylation is 1. The van der Waals surface area contributed by atoms with E-state index in [1.807, 2.05) is 30.3 Å². The molecule has 0 spiro atoms. The highest BCUT2D eigenvalue weighted by Gasteiger charge is 2.17. The van der Waals surface area contributed by atoms with Crippen LogP contribution in [0.3, 0.4) is 0 Å². The molecule has 0 saturated heterocycles. The molecule has 0 saturated carbocycles. The Balaban J connectivity index is 1.95. The molecule has 4 aromatic rings. The van der Waals surface area contributed by atoms with Crippen LogP contribution in [0.4, 0.5) is 0 Å². The summed E-state index contributed by atoms with van der Waals surface area (Å²) in [5.74, 6) is -0.887. The Bertz CT molecular complexity index is 1270. The van der Waals surface area contributed by atoms with E-state index < -0.39 is 11.8 Å². The molecule has 152 valence electrons. The Hall–Kier alpha value is -3.60. The van der Waals surface area contributed by atoms with E-state index in [9.17, 15) is 9.59 Å². The lowest BCUT2D eigenvalue weighted by molar-refractivity contribution is 0.0992. The van der Waals surface area contributed by atoms with Crippen LogP contribution < -0.4 is 11.5 Å². The van der Waals surface area contributed by atoms with Crippen LogP contribution in [0, 0.1) is 0 Å². The Morgan fingerprint density at radius 3 is 2.40 bits per heavy atom. The fraction of sp³-hybridized carbons (Fsp3) is 0.200. The normalized spacial score (nSPS) is 11.2. The minimum Gasteiger partial charge on any atom is -0.366 e. The first-order valence-corrected chi connectivity index (χ1v) is 10.2. The second-order valence-electron chi connectivity index (χ2n) is 7.67. The summed E-state index contributed by atoms with van der Waals surface area (Å²) in [6.07, 6.45) is 3.26. The molecule has 3 aromatic carbocycles. The van der Waals surface area contributed by atoms with Crippen LogP contribution in [-0.4, -0.2) is 16.4 Å². The Kier molecular flexibility index (Phi) is 5.27. The third-order valence-electron chi connectivity index (χ3n) is 5.59. The number of nitrogens with two attached hydrogens (primary N) is 2. The van der Waals surface area contributed by atoms with E-state index in [4.69, 9.17) is 11.5 Å². The molecular formula is C25H25N3O2. The minimum atomic E-state index is -0.447. The van der Waals surface area contributed by atoms with Crippen molar-refractivity contribution in [3.8, 4) is 0 Å². The quantitative estimate of drug-likeness (QED) is 0.483. The molecule has 2 amide bonds. The predicted octanol–water partition coefficient (Wildman–Crippen LogP) is 4.38. The molecule has 5 heteroatoms. The molecule has 1 heterocycles. The standard InChI is InChI=1S/C25H25N3O2/c1-2-3-6-16-11-12-19-22(14-16)28(15-17-7-4-8-18(13-17)24(26)29)21-10-5-9-20(23(19)21)25(27)30/h4-5,7-14H,2-3,6,15H2,1H3,(H2,26,29)(H2,27,30). The number of amides is 2. The van der Waals surface area contributed by atoms with Crippen molar-refractivity contribution in [3.05, 3.63) is 82.9 Å². The molecule has 0 aliphatic rings. The number of benzene rings is 3. The fourth-order valence-electron chi connectivity index (χ4n) is 4.11. The van der Waals surface area contributed by atoms with Crippen LogP contribution in [-0.2, 0) is 13.0 Å². The summed E-state index contributed by atoms with van der Waals surface area (Å²) in [5.41, 5.74) is 16.4. The summed E-state index contributed by atoms with van der Waals surface area (Å²) in [7, 11) is 0. The van der Waals surface area contributed by atoms with Gasteiger partial charge in [0.05, 0.1) is 5.52 Å². The number of carbonyl (C=O) groups is 2. The summed E-state index contributed by atoms with van der Waals surface area (Å²) < 4.78 is 2.19. The number of rotatable bonds is 7. The first kappa shape index (κ1) is 19.7. The van der Waals surface area contributed by atoms with Gasteiger partial charge in [-0.15, -0.1) is 0 Å². The molecule has 0 aliphatic carbocycles. The summed E-state index contributed by atoms with van der Waals surface area (Å²) >= 11 is 0. The predicted molar refractivity (Wildman–Crippen MR) is 121 cm³/mol. The molecule has 0 radical (unpaired) electrons. The van der Waals surface area contributed by atoms with E-state index >= 15 is 0 Å². The van der Waals surface area contributed by atoms with Gasteiger partial charge in [0.15, 0.2) is 0 Å². The van der Waals surface area contributed by atoms with Crippen molar-refractivity contribution in [2.24, 2.45) is 11.5 Å². The van der Waals surface area contributed by atoms with E-state index in [0.717, 1.165) is 46.6 Å². The van der Waals surface area contributed by atoms with E-state index in [-0.39, 0.29) is 0 Å². The lowest BCUT2D eigenvalue weighted by Gasteiger charge is -2.10. The molecule has 0 bridgehead atoms. The number of fused-ring (bicyclic) bond motifs is 3. The number of carbonyl (C=O) groups excluding carboxylic acids is 2. The van der Waals surface area contributed by atoms with Crippen molar-refractivity contribution in [1.29, 1.82) is 0 Å². The molecule has 0 aliphatic heterocycles. The van der Waals surface area contributed by atoms with E-state index in [1.54, 1.807) is 12.1 Å². The second kappa shape index (κ2) is 8.03. The molecule has 4 N–H and O–H groups in total. The van der Waals surface area contributed by atoms with E-state index in [1.165, 1.54) is 5.56 Å². The Labute approximate surface area is 175 Å². The first-order chi connectivity index (χ1) is 14.5. The number of primary amides is 2. The third kappa shape index (κ3) is 3.54. The minimum absolute atomic E-state index is 0.439. The molecule has 0 unspecified atom stereocenters. The number of aromatic nitrogens is 1. The number of hydrogen-bond acceptors (Lipinski definition) is 2. The highest BCUT2D eigenvalue weighted by atomic mass is 16.1. The zero-order valence-electron chi connectivity index (χ0n) is 17.0. The zero-order valence-corrected chi connectivity index (χ0v) is 17.0. The SMILES string of the molecule is CCCCc1ccc2c3c(C(N)=O)cccc3n(Cc3cccc(C(N)=O)c3)c2c1. The van der Waals surface area contributed by atoms with Gasteiger partial charge in [-0.3, -0.25) is 9.59 Å². The largest absolute Gasteiger partial charge is 0.366 e. The zero-order chi connectivity index (χ0) is 21.3. The molecular weight excluding hydrogens is 374 g/mol. The van der Waals surface area contributed by atoms with Crippen molar-refractivity contribution >= 4 is 33.6 Å². The van der Waals surface area contributed by atoms with Gasteiger partial charge in [0.1, 0.15) is 0 Å². The first-order valence-electron chi connectivity index (χ1n) is 10.2. The highest BCUT2D eigenvalue weighted by molar-refractivity contribution is 6.18. The average Bonchev–Trinajstić information content (AvgIpc) is 3.05. The van der Waals surface area contributed by atoms with Gasteiger partial charge in [-0.1, -0.05) is 43.7 Å². The number of hydrogen-bond donors (Lipinski definition) is 2. The van der Waals surface area contributed by atoms with Gasteiger partial charge in [-0.2, -0.15) is 0 Å². The van der Waals surface area contributed by atoms with Gasteiger partial charge >= 0.3 is 0 Å². The van der Waals surface area contributed by atoms with Gasteiger partial charge in [-0.25, -0.2) is 0 Å². The fourth-order valence-corrected chi connectivity index (χ4v) is 4.11. The Morgan fingerprint density at radius 1 is 0.867 bits per heavy atom. The lowest BCUT2D eigenvalue weighted by atomic mass is 10.0. The van der Waals surface area contributed by atoms with E-state index in [2.05, 4.69) is 29.7 Å². The topological polar surface area (TPSA) is 91.1 Å². The molecule has 30 heavy (non-hydrogen) atoms. The summed E-state index contributed by atoms with van der Waals surface area (Å²) in [6, 6.07) is 19.4. The number of unbranched alkanes of at least 4 members (excludes halogenated alkanes) is 1. The van der Waals surface area contributed by atoms with Crippen LogP contribution in [0.5, 0.6) is 0 Å². The van der Waals surface area contributed by atoms with Crippen LogP contribution in [0.2, 0.25) is 0 Å². The van der Waals surface area contributed by atoms with Crippen LogP contribution in [0.25, 0.3) is 21.8 Å². The van der Waals surface area contributed by atoms with Crippen LogP contribution in [0.1, 0.15) is 51.6 Å². The van der Waals surface area contributed by atoms with Crippen LogP contribution in [0.15, 0.2) is 60.7 Å². The monoisotopic (exact) mass is 399 g/mol. The molecule has 5 nitrogen and oxygen atoms in total. The third-order valence-corrected chi connectivity index (χ3v) is 5.59. The number of nitrogens with zero attached hydrogens (tertiary/aromatic N) is 1. The molecule has 0 atom stereocenters. The molecule has 4 rings (SSSR count). The van der Waals surface area contributed by atoms with Crippen molar-refractivity contribution in [1.82, 2.24) is 4.57 Å². The van der Waals surface area contributed by atoms with Gasteiger partial charge < -0.3 is 16.0 Å².